The van der Waals surface area contributed by atoms with E-state index < -0.39 is 5.97 Å². The molecule has 3 rings (SSSR count). The predicted molar refractivity (Wildman–Crippen MR) is 96.6 cm³/mol. The van der Waals surface area contributed by atoms with Crippen LogP contribution in [0.2, 0.25) is 5.02 Å². The maximum atomic E-state index is 12.1. The molecule has 0 aliphatic heterocycles. The quantitative estimate of drug-likeness (QED) is 0.682. The molecule has 1 aromatic heterocycles. The molecule has 1 atom stereocenters. The lowest BCUT2D eigenvalue weighted by molar-refractivity contribution is -0.124. The highest BCUT2D eigenvalue weighted by atomic mass is 35.5. The Hall–Kier alpha value is -2.79. The highest BCUT2D eigenvalue weighted by Gasteiger charge is 2.14. The Morgan fingerprint density at radius 2 is 1.88 bits per heavy atom. The molecule has 0 radical (unpaired) electrons. The van der Waals surface area contributed by atoms with Gasteiger partial charge in [-0.2, -0.15) is 0 Å². The molecule has 5 nitrogen and oxygen atoms in total. The second-order valence-electron chi connectivity index (χ2n) is 5.69. The summed E-state index contributed by atoms with van der Waals surface area (Å²) in [4.78, 5) is 27.0. The van der Waals surface area contributed by atoms with Crippen molar-refractivity contribution in [2.45, 2.75) is 13.0 Å². The van der Waals surface area contributed by atoms with Crippen molar-refractivity contribution in [3.8, 4) is 0 Å². The van der Waals surface area contributed by atoms with Gasteiger partial charge in [-0.3, -0.25) is 4.79 Å². The van der Waals surface area contributed by atoms with Gasteiger partial charge in [0.2, 0.25) is 0 Å². The number of carbonyl (C=O) groups is 2. The highest BCUT2D eigenvalue weighted by molar-refractivity contribution is 6.30. The molecular formula is C19H17ClN2O3. The molecule has 0 unspecified atom stereocenters. The number of hydrogen-bond donors (Lipinski definition) is 2. The Morgan fingerprint density at radius 1 is 1.16 bits per heavy atom. The van der Waals surface area contributed by atoms with E-state index in [1.54, 1.807) is 18.2 Å². The van der Waals surface area contributed by atoms with Crippen molar-refractivity contribution in [1.82, 2.24) is 10.3 Å². The van der Waals surface area contributed by atoms with Crippen molar-refractivity contribution in [2.24, 2.45) is 0 Å². The number of rotatable bonds is 5. The average molecular weight is 357 g/mol. The third kappa shape index (κ3) is 4.19. The largest absolute Gasteiger partial charge is 0.451 e. The Kier molecular flexibility index (Phi) is 5.05. The minimum absolute atomic E-state index is 0.212. The zero-order valence-electron chi connectivity index (χ0n) is 13.6. The van der Waals surface area contributed by atoms with Crippen molar-refractivity contribution in [3.05, 3.63) is 70.9 Å². The van der Waals surface area contributed by atoms with E-state index in [-0.39, 0.29) is 18.6 Å². The number of halogens is 1. The summed E-state index contributed by atoms with van der Waals surface area (Å²) < 4.78 is 5.07. The van der Waals surface area contributed by atoms with Gasteiger partial charge in [-0.25, -0.2) is 4.79 Å². The van der Waals surface area contributed by atoms with Crippen molar-refractivity contribution in [1.29, 1.82) is 0 Å². The van der Waals surface area contributed by atoms with E-state index in [1.165, 1.54) is 0 Å². The number of fused-ring (bicyclic) bond motifs is 1. The normalized spacial score (nSPS) is 11.9. The van der Waals surface area contributed by atoms with Crippen molar-refractivity contribution >= 4 is 34.4 Å². The number of H-pyrrole nitrogens is 1. The molecule has 6 heteroatoms. The third-order valence-electron chi connectivity index (χ3n) is 3.83. The molecule has 0 aliphatic carbocycles. The van der Waals surface area contributed by atoms with Crippen molar-refractivity contribution in [2.75, 3.05) is 6.61 Å². The molecule has 0 saturated carbocycles. The Morgan fingerprint density at radius 3 is 2.60 bits per heavy atom. The standard InChI is InChI=1S/C19H17ClN2O3/c1-12(13-6-8-15(20)9-7-13)21-18(23)11-25-19(24)17-10-14-4-2-3-5-16(14)22-17/h2-10,12,22H,11H2,1H3,(H,21,23)/t12-/m0/s1. The van der Waals surface area contributed by atoms with Crippen molar-refractivity contribution < 1.29 is 14.3 Å². The summed E-state index contributed by atoms with van der Waals surface area (Å²) in [6.07, 6.45) is 0. The number of ether oxygens (including phenoxy) is 1. The minimum atomic E-state index is -0.564. The lowest BCUT2D eigenvalue weighted by Gasteiger charge is -2.14. The van der Waals surface area contributed by atoms with Crippen LogP contribution in [0.4, 0.5) is 0 Å². The summed E-state index contributed by atoms with van der Waals surface area (Å²) in [6.45, 7) is 1.51. The van der Waals surface area contributed by atoms with E-state index in [4.69, 9.17) is 16.3 Å². The van der Waals surface area contributed by atoms with Crippen LogP contribution in [0.1, 0.15) is 29.0 Å². The smallest absolute Gasteiger partial charge is 0.355 e. The molecular weight excluding hydrogens is 340 g/mol. The predicted octanol–water partition coefficient (Wildman–Crippen LogP) is 3.86. The lowest BCUT2D eigenvalue weighted by Crippen LogP contribution is -2.31. The molecule has 3 aromatic rings. The lowest BCUT2D eigenvalue weighted by atomic mass is 10.1. The molecule has 1 heterocycles. The van der Waals surface area contributed by atoms with E-state index in [0.717, 1.165) is 16.5 Å². The monoisotopic (exact) mass is 356 g/mol. The maximum absolute atomic E-state index is 12.1. The van der Waals surface area contributed by atoms with Gasteiger partial charge in [0, 0.05) is 15.9 Å². The fourth-order valence-electron chi connectivity index (χ4n) is 2.51. The van der Waals surface area contributed by atoms with Gasteiger partial charge >= 0.3 is 5.97 Å². The first-order chi connectivity index (χ1) is 12.0. The molecule has 0 aliphatic rings. The van der Waals surface area contributed by atoms with Gasteiger partial charge in [-0.1, -0.05) is 41.9 Å². The fourth-order valence-corrected chi connectivity index (χ4v) is 2.64. The van der Waals surface area contributed by atoms with Gasteiger partial charge < -0.3 is 15.0 Å². The minimum Gasteiger partial charge on any atom is -0.451 e. The highest BCUT2D eigenvalue weighted by Crippen LogP contribution is 2.17. The Bertz CT molecular complexity index is 869. The van der Waals surface area contributed by atoms with Gasteiger partial charge in [0.15, 0.2) is 6.61 Å². The molecule has 128 valence electrons. The zero-order valence-corrected chi connectivity index (χ0v) is 14.3. The number of benzene rings is 2. The van der Waals surface area contributed by atoms with E-state index in [2.05, 4.69) is 10.3 Å². The summed E-state index contributed by atoms with van der Waals surface area (Å²) in [5.41, 5.74) is 2.08. The molecule has 25 heavy (non-hydrogen) atoms. The first-order valence-corrected chi connectivity index (χ1v) is 8.20. The second-order valence-corrected chi connectivity index (χ2v) is 6.12. The number of amides is 1. The second kappa shape index (κ2) is 7.40. The number of nitrogens with one attached hydrogen (secondary N) is 2. The first-order valence-electron chi connectivity index (χ1n) is 7.82. The number of hydrogen-bond acceptors (Lipinski definition) is 3. The summed E-state index contributed by atoms with van der Waals surface area (Å²) >= 11 is 5.85. The number of aromatic nitrogens is 1. The number of carbonyl (C=O) groups excluding carboxylic acids is 2. The van der Waals surface area contributed by atoms with Crippen LogP contribution in [0.3, 0.4) is 0 Å². The molecule has 0 fully saturated rings. The number of esters is 1. The van der Waals surface area contributed by atoms with Crippen molar-refractivity contribution in [3.63, 3.8) is 0 Å². The van der Waals surface area contributed by atoms with Gasteiger partial charge in [0.1, 0.15) is 5.69 Å². The van der Waals surface area contributed by atoms with E-state index in [1.807, 2.05) is 43.3 Å². The van der Waals surface area contributed by atoms with Crippen LogP contribution < -0.4 is 5.32 Å². The summed E-state index contributed by atoms with van der Waals surface area (Å²) in [6, 6.07) is 16.2. The number of aromatic amines is 1. The van der Waals surface area contributed by atoms with Gasteiger partial charge in [-0.15, -0.1) is 0 Å². The van der Waals surface area contributed by atoms with Crippen LogP contribution in [-0.4, -0.2) is 23.5 Å². The first kappa shape index (κ1) is 17.0. The molecule has 0 saturated heterocycles. The zero-order chi connectivity index (χ0) is 17.8. The van der Waals surface area contributed by atoms with Gasteiger partial charge in [0.25, 0.3) is 5.91 Å². The average Bonchev–Trinajstić information content (AvgIpc) is 3.04. The van der Waals surface area contributed by atoms with Gasteiger partial charge in [-0.05, 0) is 36.8 Å². The van der Waals surface area contributed by atoms with Gasteiger partial charge in [0.05, 0.1) is 6.04 Å². The van der Waals surface area contributed by atoms with Crippen LogP contribution in [0.5, 0.6) is 0 Å². The Balaban J connectivity index is 1.54. The van der Waals surface area contributed by atoms with Crippen LogP contribution in [0.15, 0.2) is 54.6 Å². The summed E-state index contributed by atoms with van der Waals surface area (Å²) in [7, 11) is 0. The van der Waals surface area contributed by atoms with E-state index in [0.29, 0.717) is 10.7 Å². The topological polar surface area (TPSA) is 71.2 Å². The van der Waals surface area contributed by atoms with Crippen LogP contribution in [0.25, 0.3) is 10.9 Å². The molecule has 2 N–H and O–H groups in total. The van der Waals surface area contributed by atoms with Crippen LogP contribution in [-0.2, 0) is 9.53 Å². The molecule has 0 bridgehead atoms. The molecule has 0 spiro atoms. The SMILES string of the molecule is C[C@H](NC(=O)COC(=O)c1cc2ccccc2[nH]1)c1ccc(Cl)cc1. The van der Waals surface area contributed by atoms with Crippen LogP contribution >= 0.6 is 11.6 Å². The molecule has 1 amide bonds. The summed E-state index contributed by atoms with van der Waals surface area (Å²) in [5.74, 6) is -0.933. The summed E-state index contributed by atoms with van der Waals surface area (Å²) in [5, 5.41) is 4.33. The maximum Gasteiger partial charge on any atom is 0.355 e. The van der Waals surface area contributed by atoms with E-state index >= 15 is 0 Å². The third-order valence-corrected chi connectivity index (χ3v) is 4.08. The fraction of sp³-hybridized carbons (Fsp3) is 0.158. The van der Waals surface area contributed by atoms with E-state index in [9.17, 15) is 9.59 Å². The Labute approximate surface area is 149 Å². The van der Waals surface area contributed by atoms with Crippen LogP contribution in [0, 0.1) is 0 Å². The number of para-hydroxylation sites is 1. The molecule has 2 aromatic carbocycles.